The van der Waals surface area contributed by atoms with Gasteiger partial charge in [0, 0.05) is 5.69 Å². The van der Waals surface area contributed by atoms with Gasteiger partial charge in [-0.2, -0.15) is 0 Å². The van der Waals surface area contributed by atoms with Gasteiger partial charge in [-0.25, -0.2) is 9.69 Å². The van der Waals surface area contributed by atoms with E-state index in [-0.39, 0.29) is 13.4 Å². The van der Waals surface area contributed by atoms with Crippen LogP contribution in [0, 0.1) is 0 Å². The molecule has 1 aromatic carbocycles. The van der Waals surface area contributed by atoms with Crippen molar-refractivity contribution in [2.24, 2.45) is 0 Å². The maximum atomic E-state index is 12.1. The lowest BCUT2D eigenvalue weighted by Gasteiger charge is -2.21. The van der Waals surface area contributed by atoms with Crippen molar-refractivity contribution in [2.75, 3.05) is 18.7 Å². The number of carbonyl (C=O) groups excluding carboxylic acids is 2. The van der Waals surface area contributed by atoms with Crippen molar-refractivity contribution in [2.45, 2.75) is 26.0 Å². The lowest BCUT2D eigenvalue weighted by Crippen LogP contribution is -2.43. The fourth-order valence-electron chi connectivity index (χ4n) is 1.89. The van der Waals surface area contributed by atoms with Gasteiger partial charge < -0.3 is 14.8 Å². The van der Waals surface area contributed by atoms with E-state index in [0.717, 1.165) is 10.5 Å². The van der Waals surface area contributed by atoms with Crippen LogP contribution in [-0.4, -0.2) is 37.0 Å². The van der Waals surface area contributed by atoms with Gasteiger partial charge in [0.15, 0.2) is 6.23 Å². The third kappa shape index (κ3) is 3.34. The first kappa shape index (κ1) is 14.5. The number of anilines is 1. The molecular formula is C14H18N2O4. The second-order valence-corrected chi connectivity index (χ2v) is 4.83. The Morgan fingerprint density at radius 1 is 1.50 bits per heavy atom. The van der Waals surface area contributed by atoms with Crippen LogP contribution in [0.3, 0.4) is 0 Å². The topological polar surface area (TPSA) is 67.9 Å². The van der Waals surface area contributed by atoms with Crippen molar-refractivity contribution in [3.05, 3.63) is 29.8 Å². The standard InChI is InChI=1S/C14H18N2O4/c1-10(2)11-4-3-5-12(6-11)15-14(18)16(8-17)13-7-19-9-20-13/h3-6,8,10,13H,7,9H2,1-2H3,(H,15,18). The Bertz CT molecular complexity index is 484. The predicted octanol–water partition coefficient (Wildman–Crippen LogP) is 2.13. The van der Waals surface area contributed by atoms with E-state index in [1.54, 1.807) is 6.07 Å². The van der Waals surface area contributed by atoms with Crippen LogP contribution in [0.4, 0.5) is 10.5 Å². The predicted molar refractivity (Wildman–Crippen MR) is 73.1 cm³/mol. The normalized spacial score (nSPS) is 18.1. The zero-order valence-corrected chi connectivity index (χ0v) is 11.5. The zero-order valence-electron chi connectivity index (χ0n) is 11.5. The number of rotatable bonds is 4. The molecule has 1 atom stereocenters. The molecule has 108 valence electrons. The van der Waals surface area contributed by atoms with Gasteiger partial charge in [0.05, 0.1) is 6.61 Å². The summed E-state index contributed by atoms with van der Waals surface area (Å²) in [5, 5.41) is 2.69. The first-order chi connectivity index (χ1) is 9.61. The number of hydrogen-bond acceptors (Lipinski definition) is 4. The highest BCUT2D eigenvalue weighted by Crippen LogP contribution is 2.19. The molecule has 1 N–H and O–H groups in total. The molecule has 0 spiro atoms. The Kier molecular flexibility index (Phi) is 4.70. The molecule has 1 heterocycles. The zero-order chi connectivity index (χ0) is 14.5. The Morgan fingerprint density at radius 3 is 2.90 bits per heavy atom. The molecule has 0 radical (unpaired) electrons. The number of nitrogens with one attached hydrogen (secondary N) is 1. The fourth-order valence-corrected chi connectivity index (χ4v) is 1.89. The highest BCUT2D eigenvalue weighted by Gasteiger charge is 2.28. The molecule has 1 aliphatic heterocycles. The van der Waals surface area contributed by atoms with E-state index < -0.39 is 12.3 Å². The van der Waals surface area contributed by atoms with E-state index in [9.17, 15) is 9.59 Å². The van der Waals surface area contributed by atoms with Gasteiger partial charge in [0.1, 0.15) is 6.79 Å². The van der Waals surface area contributed by atoms with Crippen LogP contribution in [0.15, 0.2) is 24.3 Å². The van der Waals surface area contributed by atoms with Crippen molar-refractivity contribution in [1.82, 2.24) is 4.90 Å². The number of hydrogen-bond donors (Lipinski definition) is 1. The second-order valence-electron chi connectivity index (χ2n) is 4.83. The van der Waals surface area contributed by atoms with E-state index in [1.807, 2.05) is 18.2 Å². The average molecular weight is 278 g/mol. The van der Waals surface area contributed by atoms with Crippen LogP contribution >= 0.6 is 0 Å². The van der Waals surface area contributed by atoms with Crippen molar-refractivity contribution >= 4 is 18.1 Å². The number of amides is 3. The molecule has 6 nitrogen and oxygen atoms in total. The van der Waals surface area contributed by atoms with E-state index in [2.05, 4.69) is 19.2 Å². The lowest BCUT2D eigenvalue weighted by molar-refractivity contribution is -0.122. The number of benzene rings is 1. The van der Waals surface area contributed by atoms with Gasteiger partial charge in [-0.1, -0.05) is 26.0 Å². The van der Waals surface area contributed by atoms with Crippen LogP contribution in [0.5, 0.6) is 0 Å². The van der Waals surface area contributed by atoms with Gasteiger partial charge in [0.2, 0.25) is 6.41 Å². The van der Waals surface area contributed by atoms with Gasteiger partial charge in [0.25, 0.3) is 0 Å². The quantitative estimate of drug-likeness (QED) is 0.857. The summed E-state index contributed by atoms with van der Waals surface area (Å²) in [6.07, 6.45) is -0.221. The van der Waals surface area contributed by atoms with Crippen molar-refractivity contribution in [3.63, 3.8) is 0 Å². The average Bonchev–Trinajstić information content (AvgIpc) is 2.93. The Morgan fingerprint density at radius 2 is 2.30 bits per heavy atom. The molecule has 1 aliphatic rings. The minimum absolute atomic E-state index is 0.0884. The van der Waals surface area contributed by atoms with Gasteiger partial charge in [-0.15, -0.1) is 0 Å². The maximum absolute atomic E-state index is 12.1. The summed E-state index contributed by atoms with van der Waals surface area (Å²) in [6.45, 7) is 4.42. The molecule has 1 saturated heterocycles. The maximum Gasteiger partial charge on any atom is 0.330 e. The summed E-state index contributed by atoms with van der Waals surface area (Å²) in [7, 11) is 0. The molecule has 1 unspecified atom stereocenters. The molecule has 3 amide bonds. The smallest absolute Gasteiger partial charge is 0.330 e. The number of nitrogens with zero attached hydrogens (tertiary/aromatic N) is 1. The van der Waals surface area contributed by atoms with Crippen LogP contribution in [0.2, 0.25) is 0 Å². The van der Waals surface area contributed by atoms with Crippen molar-refractivity contribution in [3.8, 4) is 0 Å². The molecule has 1 fully saturated rings. The molecule has 2 rings (SSSR count). The lowest BCUT2D eigenvalue weighted by atomic mass is 10.0. The van der Waals surface area contributed by atoms with Crippen LogP contribution in [0.25, 0.3) is 0 Å². The summed E-state index contributed by atoms with van der Waals surface area (Å²) >= 11 is 0. The fraction of sp³-hybridized carbons (Fsp3) is 0.429. The summed E-state index contributed by atoms with van der Waals surface area (Å²) in [5.41, 5.74) is 1.76. The van der Waals surface area contributed by atoms with E-state index >= 15 is 0 Å². The first-order valence-corrected chi connectivity index (χ1v) is 6.45. The Labute approximate surface area is 117 Å². The Balaban J connectivity index is 2.06. The molecule has 6 heteroatoms. The molecule has 0 bridgehead atoms. The molecule has 20 heavy (non-hydrogen) atoms. The van der Waals surface area contributed by atoms with E-state index in [0.29, 0.717) is 18.0 Å². The molecule has 1 aromatic rings. The summed E-state index contributed by atoms with van der Waals surface area (Å²) in [6, 6.07) is 6.99. The van der Waals surface area contributed by atoms with E-state index in [4.69, 9.17) is 9.47 Å². The van der Waals surface area contributed by atoms with Gasteiger partial charge >= 0.3 is 6.03 Å². The van der Waals surface area contributed by atoms with Gasteiger partial charge in [-0.05, 0) is 23.6 Å². The van der Waals surface area contributed by atoms with Crippen LogP contribution in [0.1, 0.15) is 25.3 Å². The summed E-state index contributed by atoms with van der Waals surface area (Å²) in [5.74, 6) is 0.362. The number of ether oxygens (including phenoxy) is 2. The first-order valence-electron chi connectivity index (χ1n) is 6.45. The Hall–Kier alpha value is -1.92. The largest absolute Gasteiger partial charge is 0.351 e. The third-order valence-corrected chi connectivity index (χ3v) is 3.07. The highest BCUT2D eigenvalue weighted by atomic mass is 16.7. The number of urea groups is 1. The van der Waals surface area contributed by atoms with Crippen molar-refractivity contribution in [1.29, 1.82) is 0 Å². The molecule has 0 aromatic heterocycles. The summed E-state index contributed by atoms with van der Waals surface area (Å²) in [4.78, 5) is 24.0. The second kappa shape index (κ2) is 6.49. The van der Waals surface area contributed by atoms with Gasteiger partial charge in [-0.3, -0.25) is 4.79 Å². The number of imide groups is 1. The molecular weight excluding hydrogens is 260 g/mol. The SMILES string of the molecule is CC(C)c1cccc(NC(=O)N(C=O)C2COCO2)c1. The molecule has 0 aliphatic carbocycles. The minimum atomic E-state index is -0.666. The van der Waals surface area contributed by atoms with Crippen molar-refractivity contribution < 1.29 is 19.1 Å². The molecule has 0 saturated carbocycles. The minimum Gasteiger partial charge on any atom is -0.351 e. The monoisotopic (exact) mass is 278 g/mol. The number of carbonyl (C=O) groups is 2. The van der Waals surface area contributed by atoms with Crippen LogP contribution < -0.4 is 5.32 Å². The van der Waals surface area contributed by atoms with Crippen LogP contribution in [-0.2, 0) is 14.3 Å². The van der Waals surface area contributed by atoms with E-state index in [1.165, 1.54) is 0 Å². The third-order valence-electron chi connectivity index (χ3n) is 3.07. The summed E-state index contributed by atoms with van der Waals surface area (Å²) < 4.78 is 10.1. The highest BCUT2D eigenvalue weighted by molar-refractivity contribution is 5.95.